The second-order valence-corrected chi connectivity index (χ2v) is 6.82. The first-order chi connectivity index (χ1) is 13.3. The number of ether oxygens (including phenoxy) is 1. The number of aromatic nitrogens is 2. The van der Waals surface area contributed by atoms with Crippen molar-refractivity contribution in [3.63, 3.8) is 0 Å². The first-order valence-corrected chi connectivity index (χ1v) is 8.78. The van der Waals surface area contributed by atoms with Crippen LogP contribution in [0.1, 0.15) is 24.0 Å². The van der Waals surface area contributed by atoms with Gasteiger partial charge in [0.25, 0.3) is 0 Å². The van der Waals surface area contributed by atoms with E-state index >= 15 is 0 Å². The fraction of sp³-hybridized carbons (Fsp3) is 0.316. The van der Waals surface area contributed by atoms with Crippen LogP contribution >= 0.6 is 0 Å². The van der Waals surface area contributed by atoms with Gasteiger partial charge in [0.05, 0.1) is 42.8 Å². The molecule has 1 saturated heterocycles. The van der Waals surface area contributed by atoms with Crippen molar-refractivity contribution < 1.29 is 23.1 Å². The number of aryl methyl sites for hydroxylation is 1. The first kappa shape index (κ1) is 18.1. The van der Waals surface area contributed by atoms with Crippen LogP contribution in [0.25, 0.3) is 11.6 Å². The molecule has 9 heteroatoms. The average Bonchev–Trinajstić information content (AvgIpc) is 3.29. The van der Waals surface area contributed by atoms with E-state index in [2.05, 4.69) is 10.3 Å². The quantitative estimate of drug-likeness (QED) is 0.873. The van der Waals surface area contributed by atoms with Crippen molar-refractivity contribution in [3.8, 4) is 0 Å². The number of carbonyl (C=O) groups excluding carboxylic acids is 2. The number of nitrogens with zero attached hydrogens (tertiary/aromatic N) is 3. The third kappa shape index (κ3) is 3.12. The number of carbonyl (C=O) groups is 2. The van der Waals surface area contributed by atoms with Gasteiger partial charge in [-0.1, -0.05) is 0 Å². The van der Waals surface area contributed by atoms with Crippen LogP contribution < -0.4 is 10.2 Å². The summed E-state index contributed by atoms with van der Waals surface area (Å²) < 4.78 is 36.6. The molecule has 0 unspecified atom stereocenters. The Labute approximate surface area is 159 Å². The second-order valence-electron chi connectivity index (χ2n) is 6.82. The number of benzene rings is 1. The number of imidazole rings is 1. The summed E-state index contributed by atoms with van der Waals surface area (Å²) in [5.74, 6) is -0.994. The SMILES string of the molecule is CC(=O)NC[C@H]1CN(c2cc(F)c(C3=Cc4cnc(C)n4C3)c(F)c2)C(=O)O1. The zero-order valence-electron chi connectivity index (χ0n) is 15.3. The highest BCUT2D eigenvalue weighted by molar-refractivity contribution is 5.91. The minimum Gasteiger partial charge on any atom is -0.442 e. The highest BCUT2D eigenvalue weighted by Gasteiger charge is 2.33. The van der Waals surface area contributed by atoms with E-state index in [1.54, 1.807) is 12.3 Å². The molecule has 1 aromatic carbocycles. The Hall–Kier alpha value is -3.23. The van der Waals surface area contributed by atoms with E-state index in [-0.39, 0.29) is 30.2 Å². The molecular formula is C19H18F2N4O3. The number of halogens is 2. The standard InChI is InChI=1S/C19H18F2N4O3/c1-10-22-6-14-3-12(8-24(10)14)18-16(20)4-13(5-17(18)21)25-9-15(28-19(25)27)7-23-11(2)26/h3-6,15H,7-9H2,1-2H3,(H,23,26)/t15-/m0/s1. The van der Waals surface area contributed by atoms with Gasteiger partial charge in [0.15, 0.2) is 0 Å². The number of cyclic esters (lactones) is 1. The van der Waals surface area contributed by atoms with Crippen molar-refractivity contribution in [1.29, 1.82) is 0 Å². The van der Waals surface area contributed by atoms with Crippen LogP contribution in [-0.2, 0) is 16.1 Å². The summed E-state index contributed by atoms with van der Waals surface area (Å²) in [7, 11) is 0. The topological polar surface area (TPSA) is 76.5 Å². The first-order valence-electron chi connectivity index (χ1n) is 8.78. The van der Waals surface area contributed by atoms with E-state index in [9.17, 15) is 18.4 Å². The maximum Gasteiger partial charge on any atom is 0.414 e. The van der Waals surface area contributed by atoms with Gasteiger partial charge < -0.3 is 14.6 Å². The predicted molar refractivity (Wildman–Crippen MR) is 97.5 cm³/mol. The molecule has 1 atom stereocenters. The lowest BCUT2D eigenvalue weighted by molar-refractivity contribution is -0.119. The maximum atomic E-state index is 14.8. The van der Waals surface area contributed by atoms with Gasteiger partial charge in [-0.3, -0.25) is 9.69 Å². The number of nitrogens with one attached hydrogen (secondary N) is 1. The minimum atomic E-state index is -0.754. The van der Waals surface area contributed by atoms with Crippen LogP contribution in [0.5, 0.6) is 0 Å². The molecule has 0 aliphatic carbocycles. The molecular weight excluding hydrogens is 370 g/mol. The second kappa shape index (κ2) is 6.74. The maximum absolute atomic E-state index is 14.8. The van der Waals surface area contributed by atoms with Crippen LogP contribution in [0.3, 0.4) is 0 Å². The number of rotatable bonds is 4. The fourth-order valence-electron chi connectivity index (χ4n) is 3.47. The molecule has 4 rings (SSSR count). The summed E-state index contributed by atoms with van der Waals surface area (Å²) >= 11 is 0. The zero-order chi connectivity index (χ0) is 20.0. The number of fused-ring (bicyclic) bond motifs is 1. The summed E-state index contributed by atoms with van der Waals surface area (Å²) in [5, 5.41) is 2.55. The third-order valence-corrected chi connectivity index (χ3v) is 4.85. The molecule has 0 spiro atoms. The predicted octanol–water partition coefficient (Wildman–Crippen LogP) is 2.49. The molecule has 1 aromatic heterocycles. The molecule has 2 aliphatic rings. The smallest absolute Gasteiger partial charge is 0.414 e. The van der Waals surface area contributed by atoms with Gasteiger partial charge >= 0.3 is 6.09 Å². The Morgan fingerprint density at radius 1 is 1.36 bits per heavy atom. The van der Waals surface area contributed by atoms with E-state index < -0.39 is 23.8 Å². The number of hydrogen-bond donors (Lipinski definition) is 1. The van der Waals surface area contributed by atoms with Gasteiger partial charge in [-0.2, -0.15) is 0 Å². The molecule has 2 aliphatic heterocycles. The summed E-state index contributed by atoms with van der Waals surface area (Å²) in [4.78, 5) is 28.4. The Kier molecular flexibility index (Phi) is 4.37. The van der Waals surface area contributed by atoms with Crippen LogP contribution in [-0.4, -0.2) is 40.7 Å². The third-order valence-electron chi connectivity index (χ3n) is 4.85. The van der Waals surface area contributed by atoms with Crippen molar-refractivity contribution in [2.45, 2.75) is 26.5 Å². The van der Waals surface area contributed by atoms with Crippen LogP contribution in [0.15, 0.2) is 18.3 Å². The molecule has 0 radical (unpaired) electrons. The number of allylic oxidation sites excluding steroid dienone is 1. The van der Waals surface area contributed by atoms with E-state index in [1.807, 2.05) is 11.5 Å². The summed E-state index contributed by atoms with van der Waals surface area (Å²) in [5.41, 5.74) is 1.26. The van der Waals surface area contributed by atoms with Crippen molar-refractivity contribution in [1.82, 2.24) is 14.9 Å². The number of hydrogen-bond acceptors (Lipinski definition) is 4. The molecule has 146 valence electrons. The lowest BCUT2D eigenvalue weighted by Crippen LogP contribution is -2.33. The summed E-state index contributed by atoms with van der Waals surface area (Å²) in [6, 6.07) is 2.25. The number of anilines is 1. The zero-order valence-corrected chi connectivity index (χ0v) is 15.3. The van der Waals surface area contributed by atoms with Gasteiger partial charge in [0, 0.05) is 6.92 Å². The largest absolute Gasteiger partial charge is 0.442 e. The lowest BCUT2D eigenvalue weighted by Gasteiger charge is -2.16. The number of amides is 2. The molecule has 2 aromatic rings. The Balaban J connectivity index is 1.57. The Bertz CT molecular complexity index is 992. The Morgan fingerprint density at radius 3 is 2.71 bits per heavy atom. The Morgan fingerprint density at radius 2 is 2.07 bits per heavy atom. The highest BCUT2D eigenvalue weighted by Crippen LogP contribution is 2.34. The molecule has 2 amide bonds. The summed E-state index contributed by atoms with van der Waals surface area (Å²) in [6.07, 6.45) is 2.07. The molecule has 0 saturated carbocycles. The van der Waals surface area contributed by atoms with Gasteiger partial charge in [0.2, 0.25) is 5.91 Å². The van der Waals surface area contributed by atoms with Crippen molar-refractivity contribution >= 4 is 29.3 Å². The minimum absolute atomic E-state index is 0.0742. The van der Waals surface area contributed by atoms with Gasteiger partial charge in [-0.25, -0.2) is 18.6 Å². The summed E-state index contributed by atoms with van der Waals surface area (Å²) in [6.45, 7) is 3.74. The van der Waals surface area contributed by atoms with Crippen LogP contribution in [0.2, 0.25) is 0 Å². The molecule has 28 heavy (non-hydrogen) atoms. The van der Waals surface area contributed by atoms with Gasteiger partial charge in [-0.05, 0) is 30.7 Å². The van der Waals surface area contributed by atoms with Crippen LogP contribution in [0.4, 0.5) is 19.3 Å². The molecule has 1 N–H and O–H groups in total. The molecule has 1 fully saturated rings. The van der Waals surface area contributed by atoms with Crippen molar-refractivity contribution in [2.75, 3.05) is 18.0 Å². The fourth-order valence-corrected chi connectivity index (χ4v) is 3.47. The van der Waals surface area contributed by atoms with Gasteiger partial charge in [-0.15, -0.1) is 0 Å². The molecule has 7 nitrogen and oxygen atoms in total. The van der Waals surface area contributed by atoms with Crippen molar-refractivity contribution in [2.24, 2.45) is 0 Å². The van der Waals surface area contributed by atoms with Gasteiger partial charge in [0.1, 0.15) is 23.6 Å². The lowest BCUT2D eigenvalue weighted by atomic mass is 10.0. The monoisotopic (exact) mass is 388 g/mol. The highest BCUT2D eigenvalue weighted by atomic mass is 19.1. The normalized spacial score (nSPS) is 18.1. The van der Waals surface area contributed by atoms with Crippen LogP contribution in [0, 0.1) is 18.6 Å². The van der Waals surface area contributed by atoms with E-state index in [4.69, 9.17) is 4.74 Å². The van der Waals surface area contributed by atoms with E-state index in [1.165, 1.54) is 6.92 Å². The van der Waals surface area contributed by atoms with E-state index in [0.717, 1.165) is 28.6 Å². The molecule has 3 heterocycles. The average molecular weight is 388 g/mol. The van der Waals surface area contributed by atoms with Crippen molar-refractivity contribution in [3.05, 3.63) is 47.0 Å². The molecule has 0 bridgehead atoms. The van der Waals surface area contributed by atoms with E-state index in [0.29, 0.717) is 12.1 Å².